The number of aliphatic hydroxyl groups is 1. The van der Waals surface area contributed by atoms with Crippen LogP contribution in [-0.4, -0.2) is 25.1 Å². The molecule has 0 saturated heterocycles. The summed E-state index contributed by atoms with van der Waals surface area (Å²) in [6.07, 6.45) is 7.34. The zero-order chi connectivity index (χ0) is 21.2. The molecule has 1 aliphatic heterocycles. The summed E-state index contributed by atoms with van der Waals surface area (Å²) in [6.45, 7) is 2.61. The highest BCUT2D eigenvalue weighted by atomic mass is 16.7. The van der Waals surface area contributed by atoms with E-state index in [1.54, 1.807) is 7.11 Å². The lowest BCUT2D eigenvalue weighted by Gasteiger charge is -2.49. The molecular formula is C27H30O4. The molecule has 1 N–H and O–H groups in total. The summed E-state index contributed by atoms with van der Waals surface area (Å²) in [4.78, 5) is 0. The van der Waals surface area contributed by atoms with E-state index >= 15 is 0 Å². The second kappa shape index (κ2) is 7.03. The highest BCUT2D eigenvalue weighted by molar-refractivity contribution is 5.60. The molecule has 4 nitrogen and oxygen atoms in total. The molecular weight excluding hydrogens is 388 g/mol. The first-order valence-electron chi connectivity index (χ1n) is 11.5. The predicted octanol–water partition coefficient (Wildman–Crippen LogP) is 5.33. The zero-order valence-electron chi connectivity index (χ0n) is 18.3. The van der Waals surface area contributed by atoms with Crippen molar-refractivity contribution >= 4 is 6.08 Å². The van der Waals surface area contributed by atoms with Crippen LogP contribution in [0.15, 0.2) is 42.0 Å². The Balaban J connectivity index is 1.31. The van der Waals surface area contributed by atoms with Crippen molar-refractivity contribution in [3.8, 4) is 17.2 Å². The SMILES string of the molecule is COc1ccc2c(c1)CCC1C2CCC2(C)C(O)/C(=C/c3ccc4c(c3)OCO4)CC12. The average molecular weight is 419 g/mol. The minimum atomic E-state index is -0.374. The number of rotatable bonds is 2. The largest absolute Gasteiger partial charge is 0.497 e. The second-order valence-corrected chi connectivity index (χ2v) is 9.96. The molecule has 6 rings (SSSR count). The van der Waals surface area contributed by atoms with Crippen molar-refractivity contribution in [1.29, 1.82) is 0 Å². The van der Waals surface area contributed by atoms with E-state index in [9.17, 15) is 5.11 Å². The fourth-order valence-corrected chi connectivity index (χ4v) is 6.90. The van der Waals surface area contributed by atoms with Crippen molar-refractivity contribution < 1.29 is 19.3 Å². The number of fused-ring (bicyclic) bond motifs is 6. The fourth-order valence-electron chi connectivity index (χ4n) is 6.90. The van der Waals surface area contributed by atoms with Gasteiger partial charge in [-0.15, -0.1) is 0 Å². The Morgan fingerprint density at radius 2 is 1.97 bits per heavy atom. The van der Waals surface area contributed by atoms with E-state index in [1.165, 1.54) is 23.1 Å². The normalized spacial score (nSPS) is 34.2. The zero-order valence-corrected chi connectivity index (χ0v) is 18.3. The summed E-state index contributed by atoms with van der Waals surface area (Å²) >= 11 is 0. The van der Waals surface area contributed by atoms with Crippen LogP contribution >= 0.6 is 0 Å². The first-order valence-corrected chi connectivity index (χ1v) is 11.5. The van der Waals surface area contributed by atoms with Crippen molar-refractivity contribution in [2.45, 2.75) is 51.0 Å². The van der Waals surface area contributed by atoms with Crippen LogP contribution in [0.5, 0.6) is 17.2 Å². The van der Waals surface area contributed by atoms with Crippen molar-refractivity contribution in [2.24, 2.45) is 17.3 Å². The van der Waals surface area contributed by atoms with Gasteiger partial charge in [-0.3, -0.25) is 0 Å². The van der Waals surface area contributed by atoms with E-state index in [0.29, 0.717) is 17.8 Å². The molecule has 3 aliphatic carbocycles. The monoisotopic (exact) mass is 418 g/mol. The highest BCUT2D eigenvalue weighted by Crippen LogP contribution is 2.62. The Labute approximate surface area is 183 Å². The van der Waals surface area contributed by atoms with E-state index in [0.717, 1.165) is 48.5 Å². The minimum absolute atomic E-state index is 0.0344. The van der Waals surface area contributed by atoms with Gasteiger partial charge in [0.2, 0.25) is 6.79 Å². The van der Waals surface area contributed by atoms with Crippen LogP contribution in [-0.2, 0) is 6.42 Å². The van der Waals surface area contributed by atoms with Gasteiger partial charge in [0.1, 0.15) is 5.75 Å². The van der Waals surface area contributed by atoms with Crippen LogP contribution in [0.2, 0.25) is 0 Å². The maximum Gasteiger partial charge on any atom is 0.231 e. The molecule has 2 fully saturated rings. The highest BCUT2D eigenvalue weighted by Gasteiger charge is 2.56. The van der Waals surface area contributed by atoms with Crippen LogP contribution in [0.1, 0.15) is 55.2 Å². The molecule has 0 aromatic heterocycles. The Bertz CT molecular complexity index is 1060. The van der Waals surface area contributed by atoms with E-state index in [4.69, 9.17) is 14.2 Å². The molecule has 0 radical (unpaired) electrons. The van der Waals surface area contributed by atoms with E-state index in [2.05, 4.69) is 37.3 Å². The summed E-state index contributed by atoms with van der Waals surface area (Å²) in [5, 5.41) is 11.4. The summed E-state index contributed by atoms with van der Waals surface area (Å²) in [5.41, 5.74) is 5.19. The minimum Gasteiger partial charge on any atom is -0.497 e. The molecule has 1 heterocycles. The standard InChI is InChI=1S/C27H30O4/c1-27-10-9-21-20-7-5-19(29-2)13-17(20)4-6-22(21)23(27)14-18(26(27)28)11-16-3-8-24-25(12-16)31-15-30-24/h3,5,7-8,11-13,21-23,26,28H,4,6,9-10,14-15H2,1-2H3/b18-11+. The third-order valence-electron chi connectivity index (χ3n) is 8.55. The van der Waals surface area contributed by atoms with E-state index in [-0.39, 0.29) is 18.3 Å². The van der Waals surface area contributed by atoms with Gasteiger partial charge in [0.25, 0.3) is 0 Å². The van der Waals surface area contributed by atoms with E-state index < -0.39 is 0 Å². The van der Waals surface area contributed by atoms with Gasteiger partial charge in [-0.25, -0.2) is 0 Å². The molecule has 0 amide bonds. The van der Waals surface area contributed by atoms with Crippen molar-refractivity contribution in [1.82, 2.24) is 0 Å². The van der Waals surface area contributed by atoms with Gasteiger partial charge >= 0.3 is 0 Å². The molecule has 0 bridgehead atoms. The van der Waals surface area contributed by atoms with Crippen LogP contribution < -0.4 is 14.2 Å². The van der Waals surface area contributed by atoms with Crippen LogP contribution in [0.25, 0.3) is 6.08 Å². The van der Waals surface area contributed by atoms with Gasteiger partial charge in [-0.2, -0.15) is 0 Å². The number of benzene rings is 2. The smallest absolute Gasteiger partial charge is 0.231 e. The number of methoxy groups -OCH3 is 1. The summed E-state index contributed by atoms with van der Waals surface area (Å²) in [5.74, 6) is 4.32. The number of hydrogen-bond acceptors (Lipinski definition) is 4. The van der Waals surface area contributed by atoms with Gasteiger partial charge in [0.05, 0.1) is 13.2 Å². The summed E-state index contributed by atoms with van der Waals surface area (Å²) < 4.78 is 16.4. The first-order chi connectivity index (χ1) is 15.1. The molecule has 5 atom stereocenters. The van der Waals surface area contributed by atoms with E-state index in [1.807, 2.05) is 12.1 Å². The van der Waals surface area contributed by atoms with Gasteiger partial charge < -0.3 is 19.3 Å². The van der Waals surface area contributed by atoms with Gasteiger partial charge in [-0.1, -0.05) is 25.1 Å². The maximum atomic E-state index is 11.4. The van der Waals surface area contributed by atoms with Gasteiger partial charge in [0.15, 0.2) is 11.5 Å². The Kier molecular flexibility index (Phi) is 4.36. The Morgan fingerprint density at radius 3 is 2.84 bits per heavy atom. The molecule has 2 aromatic carbocycles. The topological polar surface area (TPSA) is 47.9 Å². The lowest BCUT2D eigenvalue weighted by atomic mass is 9.55. The lowest BCUT2D eigenvalue weighted by Crippen LogP contribution is -2.44. The van der Waals surface area contributed by atoms with Crippen molar-refractivity contribution in [3.63, 3.8) is 0 Å². The predicted molar refractivity (Wildman–Crippen MR) is 120 cm³/mol. The lowest BCUT2D eigenvalue weighted by molar-refractivity contribution is -0.0158. The van der Waals surface area contributed by atoms with Crippen LogP contribution in [0.3, 0.4) is 0 Å². The Hall–Kier alpha value is -2.46. The maximum absolute atomic E-state index is 11.4. The third kappa shape index (κ3) is 2.91. The van der Waals surface area contributed by atoms with Gasteiger partial charge in [-0.05, 0) is 96.4 Å². The molecule has 2 saturated carbocycles. The summed E-state index contributed by atoms with van der Waals surface area (Å²) in [7, 11) is 1.74. The number of aryl methyl sites for hydroxylation is 1. The number of aliphatic hydroxyl groups excluding tert-OH is 1. The quantitative estimate of drug-likeness (QED) is 0.716. The van der Waals surface area contributed by atoms with Crippen molar-refractivity contribution in [3.05, 3.63) is 58.7 Å². The summed E-state index contributed by atoms with van der Waals surface area (Å²) in [6, 6.07) is 12.7. The van der Waals surface area contributed by atoms with Crippen molar-refractivity contribution in [2.75, 3.05) is 13.9 Å². The first kappa shape index (κ1) is 19.2. The number of ether oxygens (including phenoxy) is 3. The molecule has 31 heavy (non-hydrogen) atoms. The Morgan fingerprint density at radius 1 is 1.10 bits per heavy atom. The average Bonchev–Trinajstić information content (AvgIpc) is 3.36. The molecule has 5 unspecified atom stereocenters. The third-order valence-corrected chi connectivity index (χ3v) is 8.55. The van der Waals surface area contributed by atoms with Gasteiger partial charge in [0, 0.05) is 5.41 Å². The molecule has 2 aromatic rings. The molecule has 162 valence electrons. The molecule has 4 aliphatic rings. The number of hydrogen-bond donors (Lipinski definition) is 1. The second-order valence-electron chi connectivity index (χ2n) is 9.96. The molecule has 4 heteroatoms. The molecule has 0 spiro atoms. The fraction of sp³-hybridized carbons (Fsp3) is 0.481. The van der Waals surface area contributed by atoms with Crippen LogP contribution in [0.4, 0.5) is 0 Å². The van der Waals surface area contributed by atoms with Crippen LogP contribution in [0, 0.1) is 17.3 Å².